The first-order valence-electron chi connectivity index (χ1n) is 17.1. The molecule has 52 heavy (non-hydrogen) atoms. The van der Waals surface area contributed by atoms with Crippen molar-refractivity contribution in [3.63, 3.8) is 0 Å². The number of H-pyrrole nitrogens is 2. The average Bonchev–Trinajstić information content (AvgIpc) is 4.00. The van der Waals surface area contributed by atoms with Crippen molar-refractivity contribution in [3.8, 4) is 0 Å². The molecule has 0 unspecified atom stereocenters. The molecule has 6 aromatic rings. The van der Waals surface area contributed by atoms with E-state index in [9.17, 15) is 17.6 Å². The predicted molar refractivity (Wildman–Crippen MR) is 186 cm³/mol. The molecule has 0 bridgehead atoms. The van der Waals surface area contributed by atoms with Gasteiger partial charge in [0, 0.05) is 23.2 Å². The van der Waals surface area contributed by atoms with Crippen LogP contribution in [0.25, 0.3) is 22.1 Å². The fourth-order valence-corrected chi connectivity index (χ4v) is 6.57. The Morgan fingerprint density at radius 3 is 1.44 bits per heavy atom. The van der Waals surface area contributed by atoms with E-state index in [-0.39, 0.29) is 35.4 Å². The third kappa shape index (κ3) is 8.45. The van der Waals surface area contributed by atoms with Gasteiger partial charge in [-0.15, -0.1) is 0 Å². The molecular weight excluding hydrogens is 680 g/mol. The molecule has 0 aliphatic heterocycles. The van der Waals surface area contributed by atoms with Gasteiger partial charge >= 0.3 is 0 Å². The number of nitrogens with one attached hydrogen (secondary N) is 4. The Hall–Kier alpha value is -5.22. The van der Waals surface area contributed by atoms with Crippen molar-refractivity contribution in [2.24, 2.45) is 0 Å². The summed E-state index contributed by atoms with van der Waals surface area (Å²) in [5, 5.41) is 21.8. The maximum absolute atomic E-state index is 14.2. The molecule has 4 heterocycles. The molecule has 2 aliphatic carbocycles. The lowest BCUT2D eigenvalue weighted by Gasteiger charge is -2.20. The molecule has 2 aromatic carbocycles. The number of aromatic nitrogens is 8. The van der Waals surface area contributed by atoms with Crippen LogP contribution in [0.15, 0.2) is 85.7 Å². The first-order chi connectivity index (χ1) is 25.2. The zero-order valence-corrected chi connectivity index (χ0v) is 28.1. The normalized spacial score (nSPS) is 20.5. The molecule has 2 saturated carbocycles. The van der Waals surface area contributed by atoms with E-state index in [2.05, 4.69) is 51.0 Å². The number of halogens is 4. The SMILES string of the molecule is FC(F)(CO[C@@H]1CC[C@@H](Nc2ncnc3[nH]ncc23)C1)c1ccccc1.FC(F)(CO[C@H]1CC[C@H](Nc2ncnc3[nH]ncc23)C1)c1ccccc1. The average molecular weight is 719 g/mol. The molecule has 8 rings (SSSR count). The van der Waals surface area contributed by atoms with Gasteiger partial charge in [-0.1, -0.05) is 60.7 Å². The fraction of sp³-hybridized carbons (Fsp3) is 0.389. The number of rotatable bonds is 12. The summed E-state index contributed by atoms with van der Waals surface area (Å²) >= 11 is 0. The van der Waals surface area contributed by atoms with E-state index in [4.69, 9.17) is 9.47 Å². The van der Waals surface area contributed by atoms with E-state index in [1.54, 1.807) is 48.8 Å². The molecule has 2 fully saturated rings. The number of aromatic amines is 2. The van der Waals surface area contributed by atoms with Gasteiger partial charge in [-0.2, -0.15) is 27.8 Å². The van der Waals surface area contributed by atoms with Crippen LogP contribution in [0, 0.1) is 0 Å². The minimum absolute atomic E-state index is 0.0176. The molecule has 2 aliphatic rings. The Kier molecular flexibility index (Phi) is 10.5. The molecule has 4 atom stereocenters. The highest BCUT2D eigenvalue weighted by molar-refractivity contribution is 5.86. The lowest BCUT2D eigenvalue weighted by molar-refractivity contribution is -0.103. The van der Waals surface area contributed by atoms with Crippen LogP contribution >= 0.6 is 0 Å². The first kappa shape index (κ1) is 35.2. The van der Waals surface area contributed by atoms with Crippen molar-refractivity contribution in [3.05, 3.63) is 96.8 Å². The first-order valence-corrected chi connectivity index (χ1v) is 17.1. The summed E-state index contributed by atoms with van der Waals surface area (Å²) in [7, 11) is 0. The summed E-state index contributed by atoms with van der Waals surface area (Å²) in [6, 6.07) is 15.8. The van der Waals surface area contributed by atoms with Gasteiger partial charge in [-0.25, -0.2) is 19.9 Å². The highest BCUT2D eigenvalue weighted by Crippen LogP contribution is 2.33. The molecule has 16 heteroatoms. The monoisotopic (exact) mass is 718 g/mol. The minimum atomic E-state index is -2.98. The van der Waals surface area contributed by atoms with Crippen LogP contribution in [-0.4, -0.2) is 77.8 Å². The molecule has 4 aromatic heterocycles. The lowest BCUT2D eigenvalue weighted by atomic mass is 10.1. The van der Waals surface area contributed by atoms with Crippen LogP contribution in [0.3, 0.4) is 0 Å². The van der Waals surface area contributed by atoms with Crippen molar-refractivity contribution in [2.75, 3.05) is 23.8 Å². The third-order valence-corrected chi connectivity index (χ3v) is 9.34. The molecule has 12 nitrogen and oxygen atoms in total. The number of ether oxygens (including phenoxy) is 2. The van der Waals surface area contributed by atoms with Crippen LogP contribution in [-0.2, 0) is 21.3 Å². The van der Waals surface area contributed by atoms with Crippen molar-refractivity contribution >= 4 is 33.7 Å². The zero-order valence-electron chi connectivity index (χ0n) is 28.1. The van der Waals surface area contributed by atoms with Crippen LogP contribution < -0.4 is 10.6 Å². The molecule has 0 radical (unpaired) electrons. The Morgan fingerprint density at radius 1 is 0.596 bits per heavy atom. The summed E-state index contributed by atoms with van der Waals surface area (Å²) in [5.74, 6) is -4.57. The number of anilines is 2. The summed E-state index contributed by atoms with van der Waals surface area (Å²) < 4.78 is 67.9. The van der Waals surface area contributed by atoms with E-state index >= 15 is 0 Å². The largest absolute Gasteiger partial charge is 0.371 e. The molecular formula is C36H38F4N10O2. The van der Waals surface area contributed by atoms with Crippen LogP contribution in [0.4, 0.5) is 29.2 Å². The van der Waals surface area contributed by atoms with E-state index in [0.29, 0.717) is 35.8 Å². The Morgan fingerprint density at radius 2 is 1.02 bits per heavy atom. The zero-order chi connectivity index (χ0) is 36.0. The van der Waals surface area contributed by atoms with Gasteiger partial charge in [0.05, 0.1) is 35.4 Å². The quantitative estimate of drug-likeness (QED) is 0.0975. The highest BCUT2D eigenvalue weighted by Gasteiger charge is 2.36. The van der Waals surface area contributed by atoms with Crippen molar-refractivity contribution in [2.45, 2.75) is 74.7 Å². The maximum Gasteiger partial charge on any atom is 0.296 e. The van der Waals surface area contributed by atoms with Crippen LogP contribution in [0.1, 0.15) is 49.7 Å². The number of alkyl halides is 4. The number of hydrogen-bond donors (Lipinski definition) is 4. The third-order valence-electron chi connectivity index (χ3n) is 9.34. The van der Waals surface area contributed by atoms with E-state index < -0.39 is 25.1 Å². The van der Waals surface area contributed by atoms with Gasteiger partial charge in [0.15, 0.2) is 11.3 Å². The fourth-order valence-electron chi connectivity index (χ4n) is 6.57. The smallest absolute Gasteiger partial charge is 0.296 e. The Bertz CT molecular complexity index is 1890. The van der Waals surface area contributed by atoms with Crippen molar-refractivity contribution < 1.29 is 27.0 Å². The van der Waals surface area contributed by atoms with Crippen LogP contribution in [0.5, 0.6) is 0 Å². The topological polar surface area (TPSA) is 151 Å². The van der Waals surface area contributed by atoms with Gasteiger partial charge in [-0.3, -0.25) is 10.2 Å². The summed E-state index contributed by atoms with van der Waals surface area (Å²) in [5.41, 5.74) is 1.29. The minimum Gasteiger partial charge on any atom is -0.371 e. The molecule has 4 N–H and O–H groups in total. The summed E-state index contributed by atoms with van der Waals surface area (Å²) in [6.45, 7) is -1.21. The molecule has 272 valence electrons. The maximum atomic E-state index is 14.2. The highest BCUT2D eigenvalue weighted by atomic mass is 19.3. The second-order valence-electron chi connectivity index (χ2n) is 13.0. The molecule has 0 amide bonds. The van der Waals surface area contributed by atoms with Gasteiger partial charge in [0.2, 0.25) is 0 Å². The number of hydrogen-bond acceptors (Lipinski definition) is 10. The number of benzene rings is 2. The van der Waals surface area contributed by atoms with E-state index in [1.807, 2.05) is 0 Å². The molecule has 0 saturated heterocycles. The van der Waals surface area contributed by atoms with Crippen molar-refractivity contribution in [1.29, 1.82) is 0 Å². The van der Waals surface area contributed by atoms with E-state index in [0.717, 1.165) is 36.5 Å². The summed E-state index contributed by atoms with van der Waals surface area (Å²) in [6.07, 6.45) is 10.4. The Balaban J connectivity index is 0.000000162. The van der Waals surface area contributed by atoms with Gasteiger partial charge in [0.25, 0.3) is 11.8 Å². The number of nitrogens with zero attached hydrogens (tertiary/aromatic N) is 6. The van der Waals surface area contributed by atoms with E-state index in [1.165, 1.54) is 36.9 Å². The second-order valence-corrected chi connectivity index (χ2v) is 13.0. The summed E-state index contributed by atoms with van der Waals surface area (Å²) in [4.78, 5) is 16.7. The standard InChI is InChI=1S/2C18H19F2N5O/c2*19-18(20,12-4-2-1-3-5-12)10-26-14-7-6-13(8-14)24-16-15-9-23-25-17(15)22-11-21-16/h2*1-5,9,11,13-14H,6-8,10H2,(H2,21,22,23,24,25)/t2*13-,14-/m10/s1. The Labute approximate surface area is 296 Å². The van der Waals surface area contributed by atoms with Crippen molar-refractivity contribution in [1.82, 2.24) is 40.3 Å². The van der Waals surface area contributed by atoms with Gasteiger partial charge in [-0.05, 0) is 38.5 Å². The lowest BCUT2D eigenvalue weighted by Crippen LogP contribution is -2.25. The van der Waals surface area contributed by atoms with Gasteiger partial charge < -0.3 is 20.1 Å². The predicted octanol–water partition coefficient (Wildman–Crippen LogP) is 6.99. The number of fused-ring (bicyclic) bond motifs is 2. The van der Waals surface area contributed by atoms with Gasteiger partial charge in [0.1, 0.15) is 37.5 Å². The molecule has 0 spiro atoms. The van der Waals surface area contributed by atoms with Crippen LogP contribution in [0.2, 0.25) is 0 Å². The second kappa shape index (κ2) is 15.6.